The molecule has 1 unspecified atom stereocenters. The monoisotopic (exact) mass is 186 g/mol. The van der Waals surface area contributed by atoms with Gasteiger partial charge in [-0.25, -0.2) is 5.90 Å². The highest BCUT2D eigenvalue weighted by Crippen LogP contribution is 2.17. The van der Waals surface area contributed by atoms with Gasteiger partial charge >= 0.3 is 0 Å². The molecule has 4 nitrogen and oxygen atoms in total. The third kappa shape index (κ3) is 2.97. The van der Waals surface area contributed by atoms with Gasteiger partial charge in [0.25, 0.3) is 0 Å². The summed E-state index contributed by atoms with van der Waals surface area (Å²) < 4.78 is 0. The van der Waals surface area contributed by atoms with Crippen LogP contribution in [-0.2, 0) is 9.63 Å². The second-order valence-electron chi connectivity index (χ2n) is 3.58. The van der Waals surface area contributed by atoms with Gasteiger partial charge in [0, 0.05) is 25.4 Å². The zero-order valence-electron chi connectivity index (χ0n) is 8.16. The molecule has 0 saturated carbocycles. The number of carbonyl (C=O) groups excluding carboxylic acids is 1. The second kappa shape index (κ2) is 5.19. The second-order valence-corrected chi connectivity index (χ2v) is 3.58. The van der Waals surface area contributed by atoms with Gasteiger partial charge in [0.1, 0.15) is 0 Å². The summed E-state index contributed by atoms with van der Waals surface area (Å²) in [6.07, 6.45) is 2.61. The van der Waals surface area contributed by atoms with Gasteiger partial charge < -0.3 is 9.74 Å². The summed E-state index contributed by atoms with van der Waals surface area (Å²) in [6.45, 7) is 4.27. The zero-order valence-corrected chi connectivity index (χ0v) is 8.16. The summed E-state index contributed by atoms with van der Waals surface area (Å²) in [5, 5.41) is 0. The molecule has 1 atom stereocenters. The first-order chi connectivity index (χ1) is 6.27. The fraction of sp³-hybridized carbons (Fsp3) is 0.889. The number of carbonyl (C=O) groups is 1. The predicted molar refractivity (Wildman–Crippen MR) is 49.7 cm³/mol. The minimum atomic E-state index is 0.266. The molecule has 1 fully saturated rings. The Morgan fingerprint density at radius 1 is 1.69 bits per heavy atom. The van der Waals surface area contributed by atoms with Crippen LogP contribution in [0.1, 0.15) is 26.2 Å². The molecule has 1 heterocycles. The maximum Gasteiger partial charge on any atom is 0.222 e. The first-order valence-corrected chi connectivity index (χ1v) is 4.87. The maximum atomic E-state index is 11.4. The topological polar surface area (TPSA) is 55.6 Å². The molecule has 4 heteroatoms. The molecule has 0 aromatic rings. The van der Waals surface area contributed by atoms with E-state index in [0.29, 0.717) is 18.9 Å². The molecule has 0 radical (unpaired) electrons. The lowest BCUT2D eigenvalue weighted by atomic mass is 10.1. The van der Waals surface area contributed by atoms with Crippen molar-refractivity contribution < 1.29 is 9.63 Å². The first-order valence-electron chi connectivity index (χ1n) is 4.87. The third-order valence-corrected chi connectivity index (χ3v) is 2.43. The van der Waals surface area contributed by atoms with Crippen LogP contribution in [0.4, 0.5) is 0 Å². The SMILES string of the molecule is CCCC(=O)N1CCC(CON)C1. The molecule has 0 aromatic carbocycles. The van der Waals surface area contributed by atoms with Gasteiger partial charge in [-0.2, -0.15) is 0 Å². The summed E-state index contributed by atoms with van der Waals surface area (Å²) in [4.78, 5) is 17.9. The molecule has 1 saturated heterocycles. The lowest BCUT2D eigenvalue weighted by Crippen LogP contribution is -2.29. The summed E-state index contributed by atoms with van der Waals surface area (Å²) in [7, 11) is 0. The zero-order chi connectivity index (χ0) is 9.68. The van der Waals surface area contributed by atoms with Crippen molar-refractivity contribution in [2.24, 2.45) is 11.8 Å². The highest BCUT2D eigenvalue weighted by atomic mass is 16.6. The van der Waals surface area contributed by atoms with E-state index in [9.17, 15) is 4.79 Å². The van der Waals surface area contributed by atoms with E-state index in [-0.39, 0.29) is 5.91 Å². The highest BCUT2D eigenvalue weighted by molar-refractivity contribution is 5.76. The van der Waals surface area contributed by atoms with E-state index < -0.39 is 0 Å². The number of nitrogens with two attached hydrogens (primary N) is 1. The van der Waals surface area contributed by atoms with Crippen molar-refractivity contribution in [3.05, 3.63) is 0 Å². The van der Waals surface area contributed by atoms with Crippen molar-refractivity contribution in [1.29, 1.82) is 0 Å². The van der Waals surface area contributed by atoms with Gasteiger partial charge in [-0.15, -0.1) is 0 Å². The van der Waals surface area contributed by atoms with Crippen LogP contribution in [0.3, 0.4) is 0 Å². The minimum absolute atomic E-state index is 0.266. The van der Waals surface area contributed by atoms with E-state index in [2.05, 4.69) is 4.84 Å². The molecular formula is C9H18N2O2. The Hall–Kier alpha value is -0.610. The van der Waals surface area contributed by atoms with Crippen LogP contribution in [0.5, 0.6) is 0 Å². The van der Waals surface area contributed by atoms with Crippen LogP contribution in [0.2, 0.25) is 0 Å². The van der Waals surface area contributed by atoms with E-state index in [1.54, 1.807) is 0 Å². The van der Waals surface area contributed by atoms with E-state index in [1.807, 2.05) is 11.8 Å². The summed E-state index contributed by atoms with van der Waals surface area (Å²) in [5.41, 5.74) is 0. The Labute approximate surface area is 79.0 Å². The maximum absolute atomic E-state index is 11.4. The van der Waals surface area contributed by atoms with Gasteiger partial charge in [0.15, 0.2) is 0 Å². The van der Waals surface area contributed by atoms with Crippen molar-refractivity contribution >= 4 is 5.91 Å². The summed E-state index contributed by atoms with van der Waals surface area (Å²) in [5.74, 6) is 5.69. The number of nitrogens with zero attached hydrogens (tertiary/aromatic N) is 1. The smallest absolute Gasteiger partial charge is 0.222 e. The lowest BCUT2D eigenvalue weighted by molar-refractivity contribution is -0.130. The summed E-state index contributed by atoms with van der Waals surface area (Å²) >= 11 is 0. The highest BCUT2D eigenvalue weighted by Gasteiger charge is 2.25. The van der Waals surface area contributed by atoms with Crippen LogP contribution in [-0.4, -0.2) is 30.5 Å². The van der Waals surface area contributed by atoms with Crippen LogP contribution < -0.4 is 5.90 Å². The van der Waals surface area contributed by atoms with Gasteiger partial charge in [0.2, 0.25) is 5.91 Å². The first kappa shape index (κ1) is 10.5. The van der Waals surface area contributed by atoms with Crippen molar-refractivity contribution in [2.75, 3.05) is 19.7 Å². The molecule has 76 valence electrons. The van der Waals surface area contributed by atoms with Crippen molar-refractivity contribution in [3.63, 3.8) is 0 Å². The molecule has 1 rings (SSSR count). The number of amides is 1. The van der Waals surface area contributed by atoms with Crippen LogP contribution >= 0.6 is 0 Å². The molecule has 13 heavy (non-hydrogen) atoms. The molecule has 0 spiro atoms. The Bertz CT molecular complexity index is 173. The minimum Gasteiger partial charge on any atom is -0.342 e. The van der Waals surface area contributed by atoms with Crippen LogP contribution in [0.25, 0.3) is 0 Å². The number of rotatable bonds is 4. The molecule has 0 aromatic heterocycles. The average molecular weight is 186 g/mol. The molecule has 0 aliphatic carbocycles. The molecule has 1 amide bonds. The average Bonchev–Trinajstić information content (AvgIpc) is 2.54. The van der Waals surface area contributed by atoms with Crippen molar-refractivity contribution in [1.82, 2.24) is 4.90 Å². The van der Waals surface area contributed by atoms with Crippen molar-refractivity contribution in [3.8, 4) is 0 Å². The molecule has 1 aliphatic rings. The normalized spacial score (nSPS) is 22.3. The van der Waals surface area contributed by atoms with Gasteiger partial charge in [-0.3, -0.25) is 4.79 Å². The Morgan fingerprint density at radius 3 is 3.08 bits per heavy atom. The Kier molecular flexibility index (Phi) is 4.18. The molecular weight excluding hydrogens is 168 g/mol. The van der Waals surface area contributed by atoms with Gasteiger partial charge in [-0.1, -0.05) is 6.92 Å². The standard InChI is InChI=1S/C9H18N2O2/c1-2-3-9(12)11-5-4-8(6-11)7-13-10/h8H,2-7,10H2,1H3. The van der Waals surface area contributed by atoms with Crippen molar-refractivity contribution in [2.45, 2.75) is 26.2 Å². The fourth-order valence-corrected chi connectivity index (χ4v) is 1.70. The van der Waals surface area contributed by atoms with Crippen LogP contribution in [0.15, 0.2) is 0 Å². The number of hydrogen-bond donors (Lipinski definition) is 1. The fourth-order valence-electron chi connectivity index (χ4n) is 1.70. The quantitative estimate of drug-likeness (QED) is 0.651. The van der Waals surface area contributed by atoms with E-state index in [4.69, 9.17) is 5.90 Å². The van der Waals surface area contributed by atoms with E-state index in [0.717, 1.165) is 25.9 Å². The Morgan fingerprint density at radius 2 is 2.46 bits per heavy atom. The van der Waals surface area contributed by atoms with Crippen LogP contribution in [0, 0.1) is 5.92 Å². The predicted octanol–water partition coefficient (Wildman–Crippen LogP) is 0.525. The summed E-state index contributed by atoms with van der Waals surface area (Å²) in [6, 6.07) is 0. The lowest BCUT2D eigenvalue weighted by Gasteiger charge is -2.15. The number of likely N-dealkylation sites (tertiary alicyclic amines) is 1. The largest absolute Gasteiger partial charge is 0.342 e. The van der Waals surface area contributed by atoms with Gasteiger partial charge in [0.05, 0.1) is 6.61 Å². The number of hydrogen-bond acceptors (Lipinski definition) is 3. The molecule has 0 bridgehead atoms. The van der Waals surface area contributed by atoms with E-state index >= 15 is 0 Å². The van der Waals surface area contributed by atoms with E-state index in [1.165, 1.54) is 0 Å². The van der Waals surface area contributed by atoms with Gasteiger partial charge in [-0.05, 0) is 12.8 Å². The third-order valence-electron chi connectivity index (χ3n) is 2.43. The Balaban J connectivity index is 2.27. The molecule has 1 aliphatic heterocycles. The molecule has 2 N–H and O–H groups in total.